The van der Waals surface area contributed by atoms with Crippen LogP contribution in [0.5, 0.6) is 0 Å². The maximum absolute atomic E-state index is 11.5. The molecule has 18 heavy (non-hydrogen) atoms. The van der Waals surface area contributed by atoms with Crippen LogP contribution in [0.3, 0.4) is 0 Å². The predicted molar refractivity (Wildman–Crippen MR) is 68.2 cm³/mol. The molecule has 6 heteroatoms. The van der Waals surface area contributed by atoms with Crippen molar-refractivity contribution in [3.8, 4) is 0 Å². The fourth-order valence-corrected chi connectivity index (χ4v) is 1.35. The third kappa shape index (κ3) is 5.86. The van der Waals surface area contributed by atoms with Crippen molar-refractivity contribution in [3.05, 3.63) is 29.8 Å². The second-order valence-electron chi connectivity index (χ2n) is 3.76. The summed E-state index contributed by atoms with van der Waals surface area (Å²) in [7, 11) is 0. The van der Waals surface area contributed by atoms with E-state index < -0.39 is 6.09 Å². The Kier molecular flexibility index (Phi) is 5.66. The number of benzene rings is 1. The Balaban J connectivity index is 2.20. The topological polar surface area (TPSA) is 93.4 Å². The first-order valence-corrected chi connectivity index (χ1v) is 5.57. The third-order valence-electron chi connectivity index (χ3n) is 2.11. The maximum Gasteiger partial charge on any atom is 0.404 e. The standard InChI is InChI=1S/C12H17N3O3/c1-9-3-2-4-10(7-9)15-11(16)8-14-5-6-18-12(13)17/h2-4,7,14H,5-6,8H2,1H3,(H2,13,17)(H,15,16). The van der Waals surface area contributed by atoms with Gasteiger partial charge >= 0.3 is 6.09 Å². The number of hydrogen-bond donors (Lipinski definition) is 3. The summed E-state index contributed by atoms with van der Waals surface area (Å²) in [5.74, 6) is -0.153. The van der Waals surface area contributed by atoms with E-state index in [1.165, 1.54) is 0 Å². The molecular weight excluding hydrogens is 234 g/mol. The van der Waals surface area contributed by atoms with Gasteiger partial charge in [-0.05, 0) is 24.6 Å². The minimum atomic E-state index is -0.819. The molecule has 6 nitrogen and oxygen atoms in total. The van der Waals surface area contributed by atoms with Gasteiger partial charge in [-0.2, -0.15) is 0 Å². The van der Waals surface area contributed by atoms with E-state index in [0.29, 0.717) is 6.54 Å². The van der Waals surface area contributed by atoms with Gasteiger partial charge < -0.3 is 21.1 Å². The van der Waals surface area contributed by atoms with Crippen LogP contribution >= 0.6 is 0 Å². The summed E-state index contributed by atoms with van der Waals surface area (Å²) in [6.07, 6.45) is -0.819. The van der Waals surface area contributed by atoms with Crippen LogP contribution < -0.4 is 16.4 Å². The van der Waals surface area contributed by atoms with E-state index >= 15 is 0 Å². The van der Waals surface area contributed by atoms with Crippen LogP contribution in [-0.2, 0) is 9.53 Å². The molecule has 0 radical (unpaired) electrons. The number of primary amides is 1. The smallest absolute Gasteiger partial charge is 0.404 e. The Morgan fingerprint density at radius 1 is 1.39 bits per heavy atom. The number of amides is 2. The molecule has 0 saturated heterocycles. The van der Waals surface area contributed by atoms with Crippen LogP contribution in [0, 0.1) is 6.92 Å². The molecule has 0 spiro atoms. The molecule has 0 saturated carbocycles. The van der Waals surface area contributed by atoms with Gasteiger partial charge in [0.2, 0.25) is 5.91 Å². The first-order valence-electron chi connectivity index (χ1n) is 5.57. The highest BCUT2D eigenvalue weighted by atomic mass is 16.5. The molecule has 0 aliphatic carbocycles. The predicted octanol–water partition coefficient (Wildman–Crippen LogP) is 0.618. The highest BCUT2D eigenvalue weighted by Gasteiger charge is 2.01. The lowest BCUT2D eigenvalue weighted by atomic mass is 10.2. The Bertz CT molecular complexity index is 421. The number of nitrogens with two attached hydrogens (primary N) is 1. The molecular formula is C12H17N3O3. The molecule has 0 aliphatic heterocycles. The van der Waals surface area contributed by atoms with Crippen molar-refractivity contribution in [1.82, 2.24) is 5.32 Å². The molecule has 1 aromatic carbocycles. The number of carbonyl (C=O) groups excluding carboxylic acids is 2. The van der Waals surface area contributed by atoms with Crippen LogP contribution in [0.1, 0.15) is 5.56 Å². The second-order valence-corrected chi connectivity index (χ2v) is 3.76. The Hall–Kier alpha value is -2.08. The molecule has 0 aromatic heterocycles. The Labute approximate surface area is 105 Å². The van der Waals surface area contributed by atoms with Gasteiger partial charge in [0.15, 0.2) is 0 Å². The minimum Gasteiger partial charge on any atom is -0.448 e. The summed E-state index contributed by atoms with van der Waals surface area (Å²) in [6, 6.07) is 7.53. The van der Waals surface area contributed by atoms with Crippen molar-refractivity contribution >= 4 is 17.7 Å². The Morgan fingerprint density at radius 2 is 2.17 bits per heavy atom. The summed E-state index contributed by atoms with van der Waals surface area (Å²) in [4.78, 5) is 21.8. The van der Waals surface area contributed by atoms with Crippen LogP contribution in [0.15, 0.2) is 24.3 Å². The molecule has 2 amide bonds. The van der Waals surface area contributed by atoms with Crippen LogP contribution in [0.4, 0.5) is 10.5 Å². The molecule has 1 aromatic rings. The van der Waals surface area contributed by atoms with Crippen molar-refractivity contribution < 1.29 is 14.3 Å². The molecule has 0 heterocycles. The van der Waals surface area contributed by atoms with Crippen molar-refractivity contribution in [2.75, 3.05) is 25.0 Å². The first-order chi connectivity index (χ1) is 8.58. The van der Waals surface area contributed by atoms with Crippen LogP contribution in [0.25, 0.3) is 0 Å². The average Bonchev–Trinajstić information content (AvgIpc) is 2.28. The van der Waals surface area contributed by atoms with Gasteiger partial charge in [-0.3, -0.25) is 4.79 Å². The molecule has 98 valence electrons. The lowest BCUT2D eigenvalue weighted by molar-refractivity contribution is -0.115. The zero-order chi connectivity index (χ0) is 13.4. The normalized spacial score (nSPS) is 9.83. The van der Waals surface area contributed by atoms with E-state index in [0.717, 1.165) is 11.3 Å². The lowest BCUT2D eigenvalue weighted by Crippen LogP contribution is -2.31. The van der Waals surface area contributed by atoms with E-state index in [1.54, 1.807) is 0 Å². The summed E-state index contributed by atoms with van der Waals surface area (Å²) >= 11 is 0. The zero-order valence-corrected chi connectivity index (χ0v) is 10.2. The van der Waals surface area contributed by atoms with Crippen molar-refractivity contribution in [1.29, 1.82) is 0 Å². The summed E-state index contributed by atoms with van der Waals surface area (Å²) in [5, 5.41) is 5.58. The molecule has 0 aliphatic rings. The average molecular weight is 251 g/mol. The fraction of sp³-hybridized carbons (Fsp3) is 0.333. The van der Waals surface area contributed by atoms with E-state index in [1.807, 2.05) is 31.2 Å². The molecule has 4 N–H and O–H groups in total. The summed E-state index contributed by atoms with van der Waals surface area (Å²) in [5.41, 5.74) is 6.62. The maximum atomic E-state index is 11.5. The second kappa shape index (κ2) is 7.29. The van der Waals surface area contributed by atoms with Gasteiger partial charge in [0.25, 0.3) is 0 Å². The SMILES string of the molecule is Cc1cccc(NC(=O)CNCCOC(N)=O)c1. The number of nitrogens with one attached hydrogen (secondary N) is 2. The van der Waals surface area contributed by atoms with Crippen molar-refractivity contribution in [3.63, 3.8) is 0 Å². The summed E-state index contributed by atoms with van der Waals surface area (Å²) < 4.78 is 4.50. The van der Waals surface area contributed by atoms with Gasteiger partial charge in [-0.1, -0.05) is 12.1 Å². The van der Waals surface area contributed by atoms with Gasteiger partial charge in [0.05, 0.1) is 6.54 Å². The molecule has 0 atom stereocenters. The summed E-state index contributed by atoms with van der Waals surface area (Å²) in [6.45, 7) is 2.63. The molecule has 1 rings (SSSR count). The largest absolute Gasteiger partial charge is 0.448 e. The zero-order valence-electron chi connectivity index (χ0n) is 10.2. The van der Waals surface area contributed by atoms with Crippen molar-refractivity contribution in [2.24, 2.45) is 5.73 Å². The number of anilines is 1. The number of ether oxygens (including phenoxy) is 1. The number of carbonyl (C=O) groups is 2. The molecule has 0 bridgehead atoms. The van der Waals surface area contributed by atoms with Gasteiger partial charge in [0.1, 0.15) is 6.61 Å². The number of rotatable bonds is 6. The van der Waals surface area contributed by atoms with E-state index in [2.05, 4.69) is 15.4 Å². The van der Waals surface area contributed by atoms with E-state index in [4.69, 9.17) is 5.73 Å². The van der Waals surface area contributed by atoms with Crippen LogP contribution in [0.2, 0.25) is 0 Å². The highest BCUT2D eigenvalue weighted by molar-refractivity contribution is 5.92. The third-order valence-corrected chi connectivity index (χ3v) is 2.11. The lowest BCUT2D eigenvalue weighted by Gasteiger charge is -2.07. The van der Waals surface area contributed by atoms with Gasteiger partial charge in [-0.25, -0.2) is 4.79 Å². The highest BCUT2D eigenvalue weighted by Crippen LogP contribution is 2.08. The molecule has 0 fully saturated rings. The number of aryl methyl sites for hydroxylation is 1. The monoisotopic (exact) mass is 251 g/mol. The minimum absolute atomic E-state index is 0.146. The quantitative estimate of drug-likeness (QED) is 0.646. The van der Waals surface area contributed by atoms with Gasteiger partial charge in [0, 0.05) is 12.2 Å². The van der Waals surface area contributed by atoms with E-state index in [-0.39, 0.29) is 19.1 Å². The molecule has 0 unspecified atom stereocenters. The van der Waals surface area contributed by atoms with Crippen molar-refractivity contribution in [2.45, 2.75) is 6.92 Å². The van der Waals surface area contributed by atoms with Crippen LogP contribution in [-0.4, -0.2) is 31.7 Å². The first kappa shape index (κ1) is 14.0. The Morgan fingerprint density at radius 3 is 2.83 bits per heavy atom. The number of hydrogen-bond acceptors (Lipinski definition) is 4. The van der Waals surface area contributed by atoms with E-state index in [9.17, 15) is 9.59 Å². The fourth-order valence-electron chi connectivity index (χ4n) is 1.35. The van der Waals surface area contributed by atoms with Gasteiger partial charge in [-0.15, -0.1) is 0 Å².